The third-order valence-corrected chi connectivity index (χ3v) is 7.87. The van der Waals surface area contributed by atoms with Gasteiger partial charge in [-0.3, -0.25) is 19.3 Å². The average molecular weight is 505 g/mol. The van der Waals surface area contributed by atoms with Crippen molar-refractivity contribution in [3.63, 3.8) is 0 Å². The molecule has 0 aromatic heterocycles. The Hall–Kier alpha value is -1.89. The van der Waals surface area contributed by atoms with Gasteiger partial charge in [-0.1, -0.05) is 53.0 Å². The molecule has 2 rings (SSSR count). The zero-order valence-electron chi connectivity index (χ0n) is 24.2. The number of amides is 3. The summed E-state index contributed by atoms with van der Waals surface area (Å²) in [7, 11) is 1.80. The van der Waals surface area contributed by atoms with Crippen molar-refractivity contribution in [2.45, 2.75) is 118 Å². The van der Waals surface area contributed by atoms with Gasteiger partial charge in [-0.2, -0.15) is 0 Å². The first-order valence-corrected chi connectivity index (χ1v) is 14.3. The number of hydrogen-bond donors (Lipinski definition) is 1. The molecule has 0 unspecified atom stereocenters. The molecule has 36 heavy (non-hydrogen) atoms. The van der Waals surface area contributed by atoms with Gasteiger partial charge in [0.15, 0.2) is 0 Å². The van der Waals surface area contributed by atoms with Crippen molar-refractivity contribution in [2.24, 2.45) is 11.8 Å². The average Bonchev–Trinajstić information content (AvgIpc) is 3.13. The number of hydrogen-bond acceptors (Lipinski definition) is 4. The number of carbonyl (C=O) groups is 3. The van der Waals surface area contributed by atoms with Gasteiger partial charge in [-0.05, 0) is 64.8 Å². The van der Waals surface area contributed by atoms with Crippen LogP contribution >= 0.6 is 0 Å². The largest absolute Gasteiger partial charge is 0.343 e. The lowest BCUT2D eigenvalue weighted by Gasteiger charge is -2.39. The van der Waals surface area contributed by atoms with Gasteiger partial charge in [-0.25, -0.2) is 0 Å². The number of carbonyl (C=O) groups excluding carboxylic acids is 3. The summed E-state index contributed by atoms with van der Waals surface area (Å²) >= 11 is 0. The predicted molar refractivity (Wildman–Crippen MR) is 146 cm³/mol. The van der Waals surface area contributed by atoms with E-state index in [0.29, 0.717) is 5.57 Å². The minimum Gasteiger partial charge on any atom is -0.343 e. The molecule has 0 spiro atoms. The minimum atomic E-state index is -0.602. The lowest BCUT2D eigenvalue weighted by atomic mass is 9.95. The van der Waals surface area contributed by atoms with Gasteiger partial charge in [0.05, 0.1) is 12.1 Å². The van der Waals surface area contributed by atoms with E-state index in [-0.39, 0.29) is 47.7 Å². The fourth-order valence-corrected chi connectivity index (χ4v) is 5.58. The first-order chi connectivity index (χ1) is 17.0. The summed E-state index contributed by atoms with van der Waals surface area (Å²) in [5.41, 5.74) is 0.690. The summed E-state index contributed by atoms with van der Waals surface area (Å²) < 4.78 is 0. The van der Waals surface area contributed by atoms with E-state index in [1.54, 1.807) is 11.9 Å². The Balaban J connectivity index is 2.17. The molecule has 2 aliphatic heterocycles. The van der Waals surface area contributed by atoms with Crippen LogP contribution in [0.15, 0.2) is 11.6 Å². The smallest absolute Gasteiger partial charge is 0.249 e. The van der Waals surface area contributed by atoms with E-state index in [2.05, 4.69) is 37.9 Å². The van der Waals surface area contributed by atoms with Crippen LogP contribution in [-0.2, 0) is 14.4 Å². The second kappa shape index (κ2) is 14.2. The number of nitrogens with zero attached hydrogens (tertiary/aromatic N) is 3. The Morgan fingerprint density at radius 3 is 1.97 bits per heavy atom. The molecule has 0 aromatic rings. The first-order valence-electron chi connectivity index (χ1n) is 14.3. The molecule has 3 amide bonds. The van der Waals surface area contributed by atoms with Crippen molar-refractivity contribution >= 4 is 17.7 Å². The summed E-state index contributed by atoms with van der Waals surface area (Å²) in [5.74, 6) is 0.00663. The second-order valence-electron chi connectivity index (χ2n) is 11.8. The van der Waals surface area contributed by atoms with Gasteiger partial charge in [-0.15, -0.1) is 0 Å². The zero-order chi connectivity index (χ0) is 27.0. The number of rotatable bonds is 9. The molecular weight excluding hydrogens is 452 g/mol. The maximum atomic E-state index is 13.7. The molecule has 0 radical (unpaired) electrons. The van der Waals surface area contributed by atoms with Crippen molar-refractivity contribution in [2.75, 3.05) is 26.7 Å². The molecule has 7 nitrogen and oxygen atoms in total. The molecule has 0 aliphatic carbocycles. The van der Waals surface area contributed by atoms with Crippen LogP contribution in [0.4, 0.5) is 0 Å². The highest BCUT2D eigenvalue weighted by molar-refractivity contribution is 5.93. The molecular formula is C29H52N4O3. The highest BCUT2D eigenvalue weighted by Gasteiger charge is 2.36. The third kappa shape index (κ3) is 8.06. The number of nitrogens with one attached hydrogen (secondary N) is 1. The molecule has 2 saturated heterocycles. The van der Waals surface area contributed by atoms with E-state index in [1.807, 2.05) is 31.7 Å². The Morgan fingerprint density at radius 1 is 0.861 bits per heavy atom. The lowest BCUT2D eigenvalue weighted by molar-refractivity contribution is -0.140. The van der Waals surface area contributed by atoms with Crippen LogP contribution in [0.3, 0.4) is 0 Å². The highest BCUT2D eigenvalue weighted by Crippen LogP contribution is 2.22. The van der Waals surface area contributed by atoms with Crippen LogP contribution in [0, 0.1) is 11.8 Å². The minimum absolute atomic E-state index is 0.0448. The van der Waals surface area contributed by atoms with Crippen molar-refractivity contribution in [3.05, 3.63) is 11.6 Å². The standard InChI is InChI=1S/C29H52N4O3/c1-20(2)25(19-23(7)28(35)32-16-12-9-10-13-17-32)31(8)29(36)26(21(3)4)30-27(34)24-15-11-14-18-33(24)22(5)6/h19-22,24-26H,9-18H2,1-8H3,(H,30,34)/b23-19+/t24-,25-,26+/m1/s1. The van der Waals surface area contributed by atoms with Crippen LogP contribution in [-0.4, -0.2) is 83.3 Å². The second-order valence-corrected chi connectivity index (χ2v) is 11.8. The molecule has 2 fully saturated rings. The fourth-order valence-electron chi connectivity index (χ4n) is 5.58. The van der Waals surface area contributed by atoms with E-state index in [1.165, 1.54) is 12.8 Å². The van der Waals surface area contributed by atoms with Gasteiger partial charge < -0.3 is 15.1 Å². The van der Waals surface area contributed by atoms with E-state index in [4.69, 9.17) is 0 Å². The SMILES string of the molecule is C/C(=C\[C@H](C(C)C)N(C)C(=O)[C@@H](NC(=O)[C@H]1CCCCN1C(C)C)C(C)C)C(=O)N1CCCCCC1. The van der Waals surface area contributed by atoms with E-state index < -0.39 is 6.04 Å². The maximum Gasteiger partial charge on any atom is 0.249 e. The number of likely N-dealkylation sites (N-methyl/N-ethyl adjacent to an activating group) is 1. The normalized spacial score (nSPS) is 21.9. The Bertz CT molecular complexity index is 768. The van der Waals surface area contributed by atoms with Gasteiger partial charge in [0.1, 0.15) is 6.04 Å². The summed E-state index contributed by atoms with van der Waals surface area (Å²) in [6, 6.07) is -0.729. The van der Waals surface area contributed by atoms with Gasteiger partial charge >= 0.3 is 0 Å². The molecule has 206 valence electrons. The van der Waals surface area contributed by atoms with E-state index in [9.17, 15) is 14.4 Å². The van der Waals surface area contributed by atoms with Gasteiger partial charge in [0.2, 0.25) is 17.7 Å². The monoisotopic (exact) mass is 504 g/mol. The van der Waals surface area contributed by atoms with Gasteiger partial charge in [0.25, 0.3) is 0 Å². The topological polar surface area (TPSA) is 73.0 Å². The quantitative estimate of drug-likeness (QED) is 0.477. The molecule has 0 aromatic carbocycles. The van der Waals surface area contributed by atoms with Crippen molar-refractivity contribution < 1.29 is 14.4 Å². The Labute approximate surface area is 220 Å². The van der Waals surface area contributed by atoms with Crippen LogP contribution in [0.1, 0.15) is 93.4 Å². The molecule has 7 heteroatoms. The van der Waals surface area contributed by atoms with Gasteiger partial charge in [0, 0.05) is 31.8 Å². The fraction of sp³-hybridized carbons (Fsp3) is 0.828. The van der Waals surface area contributed by atoms with Crippen molar-refractivity contribution in [3.8, 4) is 0 Å². The highest BCUT2D eigenvalue weighted by atomic mass is 16.2. The van der Waals surface area contributed by atoms with Crippen molar-refractivity contribution in [1.29, 1.82) is 0 Å². The summed E-state index contributed by atoms with van der Waals surface area (Å²) in [5, 5.41) is 3.11. The van der Waals surface area contributed by atoms with E-state index in [0.717, 1.165) is 51.7 Å². The van der Waals surface area contributed by atoms with Crippen molar-refractivity contribution in [1.82, 2.24) is 20.0 Å². The zero-order valence-corrected chi connectivity index (χ0v) is 24.2. The third-order valence-electron chi connectivity index (χ3n) is 7.87. The van der Waals surface area contributed by atoms with Crippen LogP contribution < -0.4 is 5.32 Å². The summed E-state index contributed by atoms with van der Waals surface area (Å²) in [6.07, 6.45) is 9.38. The molecule has 3 atom stereocenters. The summed E-state index contributed by atoms with van der Waals surface area (Å²) in [6.45, 7) is 16.7. The first kappa shape index (κ1) is 30.3. The lowest BCUT2D eigenvalue weighted by Crippen LogP contribution is -2.58. The van der Waals surface area contributed by atoms with Crippen LogP contribution in [0.25, 0.3) is 0 Å². The molecule has 0 bridgehead atoms. The molecule has 2 aliphatic rings. The molecule has 1 N–H and O–H groups in total. The Kier molecular flexibility index (Phi) is 11.9. The molecule has 2 heterocycles. The van der Waals surface area contributed by atoms with Crippen LogP contribution in [0.5, 0.6) is 0 Å². The predicted octanol–water partition coefficient (Wildman–Crippen LogP) is 4.22. The molecule has 0 saturated carbocycles. The number of piperidine rings is 1. The number of likely N-dealkylation sites (tertiary alicyclic amines) is 2. The Morgan fingerprint density at radius 2 is 1.44 bits per heavy atom. The summed E-state index contributed by atoms with van der Waals surface area (Å²) in [4.78, 5) is 46.2. The van der Waals surface area contributed by atoms with E-state index >= 15 is 0 Å². The van der Waals surface area contributed by atoms with Crippen LogP contribution in [0.2, 0.25) is 0 Å². The maximum absolute atomic E-state index is 13.7.